The number of ketones is 1. The molecule has 6 nitrogen and oxygen atoms in total. The van der Waals surface area contributed by atoms with Gasteiger partial charge in [-0.15, -0.1) is 0 Å². The maximum atomic E-state index is 13.0. The normalized spacial score (nSPS) is 18.1. The van der Waals surface area contributed by atoms with Crippen molar-refractivity contribution >= 4 is 33.4 Å². The Morgan fingerprint density at radius 1 is 1.16 bits per heavy atom. The van der Waals surface area contributed by atoms with E-state index in [1.54, 1.807) is 24.3 Å². The van der Waals surface area contributed by atoms with E-state index in [4.69, 9.17) is 4.74 Å². The minimum atomic E-state index is -0.680. The van der Waals surface area contributed by atoms with Crippen molar-refractivity contribution in [3.05, 3.63) is 69.7 Å². The molecule has 0 radical (unpaired) electrons. The van der Waals surface area contributed by atoms with E-state index in [0.717, 1.165) is 16.5 Å². The van der Waals surface area contributed by atoms with Gasteiger partial charge < -0.3 is 19.6 Å². The molecule has 2 aromatic rings. The van der Waals surface area contributed by atoms with Gasteiger partial charge in [-0.25, -0.2) is 0 Å². The van der Waals surface area contributed by atoms with Crippen LogP contribution in [0.1, 0.15) is 30.5 Å². The molecule has 0 saturated carbocycles. The zero-order valence-electron chi connectivity index (χ0n) is 18.0. The summed E-state index contributed by atoms with van der Waals surface area (Å²) in [5, 5.41) is 11.2. The third-order valence-corrected chi connectivity index (χ3v) is 5.57. The molecule has 0 bridgehead atoms. The average Bonchev–Trinajstić information content (AvgIpc) is 3.00. The van der Waals surface area contributed by atoms with E-state index in [1.165, 1.54) is 4.90 Å². The number of likely N-dealkylation sites (N-methyl/N-ethyl adjacent to an activating group) is 1. The van der Waals surface area contributed by atoms with Crippen LogP contribution in [0.25, 0.3) is 5.76 Å². The second-order valence-electron chi connectivity index (χ2n) is 7.73. The monoisotopic (exact) mass is 486 g/mol. The smallest absolute Gasteiger partial charge is 0.295 e. The third-order valence-electron chi connectivity index (χ3n) is 5.07. The average molecular weight is 487 g/mol. The van der Waals surface area contributed by atoms with E-state index in [1.807, 2.05) is 50.2 Å². The molecule has 0 spiro atoms. The molecule has 2 aromatic carbocycles. The number of aliphatic hydroxyl groups excluding tert-OH is 1. The number of carbonyl (C=O) groups excluding carboxylic acids is 2. The molecule has 1 fully saturated rings. The fourth-order valence-electron chi connectivity index (χ4n) is 3.55. The Morgan fingerprint density at radius 2 is 1.90 bits per heavy atom. The van der Waals surface area contributed by atoms with Gasteiger partial charge in [-0.05, 0) is 50.3 Å². The van der Waals surface area contributed by atoms with E-state index in [-0.39, 0.29) is 11.3 Å². The molecule has 1 N–H and O–H groups in total. The van der Waals surface area contributed by atoms with Crippen molar-refractivity contribution < 1.29 is 19.4 Å². The first-order valence-electron chi connectivity index (χ1n) is 10.2. The second kappa shape index (κ2) is 10.1. The third kappa shape index (κ3) is 5.17. The first kappa shape index (κ1) is 23.0. The molecule has 31 heavy (non-hydrogen) atoms. The lowest BCUT2D eigenvalue weighted by molar-refractivity contribution is -0.140. The van der Waals surface area contributed by atoms with Crippen molar-refractivity contribution in [1.82, 2.24) is 9.80 Å². The van der Waals surface area contributed by atoms with E-state index < -0.39 is 17.7 Å². The van der Waals surface area contributed by atoms with Gasteiger partial charge in [0.25, 0.3) is 11.7 Å². The fourth-order valence-corrected chi connectivity index (χ4v) is 3.97. The largest absolute Gasteiger partial charge is 0.507 e. The quantitative estimate of drug-likeness (QED) is 0.343. The lowest BCUT2D eigenvalue weighted by atomic mass is 9.95. The summed E-state index contributed by atoms with van der Waals surface area (Å²) in [6.07, 6.45) is 0.857. The summed E-state index contributed by atoms with van der Waals surface area (Å²) in [5.41, 5.74) is 1.29. The summed E-state index contributed by atoms with van der Waals surface area (Å²) in [6, 6.07) is 13.7. The molecule has 7 heteroatoms. The Bertz CT molecular complexity index is 1000. The van der Waals surface area contributed by atoms with Crippen molar-refractivity contribution in [2.24, 2.45) is 0 Å². The molecule has 1 atom stereocenters. The first-order chi connectivity index (χ1) is 14.8. The van der Waals surface area contributed by atoms with Crippen molar-refractivity contribution in [3.63, 3.8) is 0 Å². The molecule has 1 aliphatic rings. The zero-order valence-corrected chi connectivity index (χ0v) is 19.6. The maximum Gasteiger partial charge on any atom is 0.295 e. The summed E-state index contributed by atoms with van der Waals surface area (Å²) < 4.78 is 6.49. The van der Waals surface area contributed by atoms with Gasteiger partial charge in [-0.1, -0.05) is 47.1 Å². The Balaban J connectivity index is 2.10. The van der Waals surface area contributed by atoms with Gasteiger partial charge in [0.05, 0.1) is 18.2 Å². The number of benzene rings is 2. The Hall–Kier alpha value is -2.64. The zero-order chi connectivity index (χ0) is 22.5. The summed E-state index contributed by atoms with van der Waals surface area (Å²) in [6.45, 7) is 3.53. The Labute approximate surface area is 191 Å². The first-order valence-corrected chi connectivity index (χ1v) is 11.0. The fraction of sp³-hybridized carbons (Fsp3) is 0.333. The van der Waals surface area contributed by atoms with Gasteiger partial charge in [0.2, 0.25) is 0 Å². The Morgan fingerprint density at radius 3 is 2.58 bits per heavy atom. The number of rotatable bonds is 8. The minimum absolute atomic E-state index is 0.0921. The molecule has 0 aromatic heterocycles. The highest BCUT2D eigenvalue weighted by Crippen LogP contribution is 2.40. The highest BCUT2D eigenvalue weighted by molar-refractivity contribution is 9.10. The molecule has 3 rings (SSSR count). The predicted octanol–water partition coefficient (Wildman–Crippen LogP) is 4.22. The van der Waals surface area contributed by atoms with Crippen LogP contribution in [-0.2, 0) is 9.59 Å². The molecule has 1 amide bonds. The van der Waals surface area contributed by atoms with Gasteiger partial charge >= 0.3 is 0 Å². The summed E-state index contributed by atoms with van der Waals surface area (Å²) in [4.78, 5) is 29.4. The van der Waals surface area contributed by atoms with Crippen molar-refractivity contribution in [2.75, 3.05) is 33.8 Å². The second-order valence-corrected chi connectivity index (χ2v) is 8.64. The van der Waals surface area contributed by atoms with Crippen LogP contribution < -0.4 is 4.74 Å². The highest BCUT2D eigenvalue weighted by atomic mass is 79.9. The number of hydrogen-bond donors (Lipinski definition) is 1. The summed E-state index contributed by atoms with van der Waals surface area (Å²) in [5.74, 6) is -0.878. The van der Waals surface area contributed by atoms with Crippen molar-refractivity contribution in [2.45, 2.75) is 19.4 Å². The minimum Gasteiger partial charge on any atom is -0.507 e. The molecular weight excluding hydrogens is 460 g/mol. The molecule has 1 saturated heterocycles. The number of ether oxygens (including phenoxy) is 1. The van der Waals surface area contributed by atoms with Crippen LogP contribution in [0.3, 0.4) is 0 Å². The van der Waals surface area contributed by atoms with Crippen molar-refractivity contribution in [3.8, 4) is 5.75 Å². The number of Topliss-reactive ketones (excluding diaryl/α,β-unsaturated/α-hetero) is 1. The van der Waals surface area contributed by atoms with Crippen LogP contribution in [0.15, 0.2) is 58.6 Å². The molecule has 1 unspecified atom stereocenters. The van der Waals surface area contributed by atoms with E-state index in [2.05, 4.69) is 15.9 Å². The lowest BCUT2D eigenvalue weighted by Gasteiger charge is -2.26. The standard InChI is InChI=1S/C24H27BrN2O4/c1-4-13-31-19-10-6-8-17(15-19)22(28)20-21(16-7-5-9-18(25)14-16)27(12-11-26(2)3)24(30)23(20)29/h5-10,14-15,21,28H,4,11-13H2,1-3H3/b22-20+. The number of aliphatic hydroxyl groups is 1. The Kier molecular flexibility index (Phi) is 7.51. The van der Waals surface area contributed by atoms with Gasteiger partial charge in [-0.3, -0.25) is 9.59 Å². The summed E-state index contributed by atoms with van der Waals surface area (Å²) >= 11 is 3.47. The topological polar surface area (TPSA) is 70.1 Å². The maximum absolute atomic E-state index is 13.0. The number of likely N-dealkylation sites (tertiary alicyclic amines) is 1. The molecule has 1 heterocycles. The van der Waals surface area contributed by atoms with Crippen LogP contribution >= 0.6 is 15.9 Å². The summed E-state index contributed by atoms with van der Waals surface area (Å²) in [7, 11) is 3.82. The number of carbonyl (C=O) groups is 2. The number of halogens is 1. The number of amides is 1. The predicted molar refractivity (Wildman–Crippen MR) is 124 cm³/mol. The van der Waals surface area contributed by atoms with Crippen LogP contribution in [0, 0.1) is 0 Å². The highest BCUT2D eigenvalue weighted by Gasteiger charge is 2.45. The molecular formula is C24H27BrN2O4. The van der Waals surface area contributed by atoms with Gasteiger partial charge in [0.15, 0.2) is 0 Å². The molecule has 1 aliphatic heterocycles. The van der Waals surface area contributed by atoms with E-state index in [9.17, 15) is 14.7 Å². The molecule has 164 valence electrons. The van der Waals surface area contributed by atoms with Gasteiger partial charge in [-0.2, -0.15) is 0 Å². The van der Waals surface area contributed by atoms with Crippen LogP contribution in [-0.4, -0.2) is 60.4 Å². The number of hydrogen-bond acceptors (Lipinski definition) is 5. The van der Waals surface area contributed by atoms with E-state index >= 15 is 0 Å². The molecule has 0 aliphatic carbocycles. The lowest BCUT2D eigenvalue weighted by Crippen LogP contribution is -2.35. The van der Waals surface area contributed by atoms with Crippen LogP contribution in [0.2, 0.25) is 0 Å². The van der Waals surface area contributed by atoms with Gasteiger partial charge in [0.1, 0.15) is 11.5 Å². The van der Waals surface area contributed by atoms with Crippen molar-refractivity contribution in [1.29, 1.82) is 0 Å². The SMILES string of the molecule is CCCOc1cccc(/C(O)=C2\C(=O)C(=O)N(CCN(C)C)C2c2cccc(Br)c2)c1. The van der Waals surface area contributed by atoms with Crippen LogP contribution in [0.4, 0.5) is 0 Å². The van der Waals surface area contributed by atoms with Crippen LogP contribution in [0.5, 0.6) is 5.75 Å². The number of nitrogens with zero attached hydrogens (tertiary/aromatic N) is 2. The van der Waals surface area contributed by atoms with Gasteiger partial charge in [0, 0.05) is 23.1 Å². The van der Waals surface area contributed by atoms with E-state index in [0.29, 0.717) is 31.0 Å².